The van der Waals surface area contributed by atoms with E-state index in [2.05, 4.69) is 58.0 Å². The lowest BCUT2D eigenvalue weighted by molar-refractivity contribution is -0.140. The maximum absolute atomic E-state index is 13.0. The molecule has 1 rings (SSSR count). The fourth-order valence-corrected chi connectivity index (χ4v) is 4.87. The molecular weight excluding hydrogens is 833 g/mol. The fourth-order valence-electron chi connectivity index (χ4n) is 4.87. The van der Waals surface area contributed by atoms with E-state index in [1.807, 2.05) is 41.5 Å². The molecule has 0 aromatic heterocycles. The van der Waals surface area contributed by atoms with E-state index in [-0.39, 0.29) is 50.9 Å². The topological polar surface area (TPSA) is 291 Å². The Kier molecular flexibility index (Phi) is 37.5. The van der Waals surface area contributed by atoms with Crippen LogP contribution in [-0.2, 0) is 47.9 Å². The van der Waals surface area contributed by atoms with Gasteiger partial charge >= 0.3 is 5.97 Å². The third-order valence-corrected chi connectivity index (χ3v) is 8.36. The largest absolute Gasteiger partial charge is 0.481 e. The molecule has 1 aliphatic heterocycles. The molecule has 0 radical (unpaired) electrons. The number of nitrogens with one attached hydrogen (secondary N) is 7. The lowest BCUT2D eigenvalue weighted by Crippen LogP contribution is -2.56. The summed E-state index contributed by atoms with van der Waals surface area (Å²) in [7, 11) is 1.39. The first-order chi connectivity index (χ1) is 29.7. The molecule has 0 aromatic rings. The number of carboxylic acids is 1. The van der Waals surface area contributed by atoms with Gasteiger partial charge in [0.15, 0.2) is 0 Å². The third-order valence-electron chi connectivity index (χ3n) is 8.36. The number of carbonyl (C=O) groups is 9. The van der Waals surface area contributed by atoms with Crippen molar-refractivity contribution in [2.75, 3.05) is 52.9 Å². The Hall–Kier alpha value is -4.85. The molecular formula is C44H86N8O12. The molecule has 9 N–H and O–H groups in total. The molecule has 20 nitrogen and oxygen atoms in total. The number of carboxylic acid groups (broad SMARTS) is 1. The normalized spacial score (nSPS) is 13.8. The maximum atomic E-state index is 13.0. The summed E-state index contributed by atoms with van der Waals surface area (Å²) < 4.78 is 5.91. The summed E-state index contributed by atoms with van der Waals surface area (Å²) in [5.74, 6) is -3.95. The molecule has 20 heteroatoms. The van der Waals surface area contributed by atoms with Crippen LogP contribution < -0.4 is 37.2 Å². The zero-order valence-electron chi connectivity index (χ0n) is 41.8. The summed E-state index contributed by atoms with van der Waals surface area (Å²) in [5, 5.41) is 34.8. The van der Waals surface area contributed by atoms with Gasteiger partial charge in [0.1, 0.15) is 12.1 Å². The van der Waals surface area contributed by atoms with Crippen LogP contribution in [0.5, 0.6) is 0 Å². The van der Waals surface area contributed by atoms with E-state index in [0.717, 1.165) is 5.92 Å². The highest BCUT2D eigenvalue weighted by atomic mass is 16.5. The van der Waals surface area contributed by atoms with Crippen LogP contribution in [0.3, 0.4) is 0 Å². The second-order valence-corrected chi connectivity index (χ2v) is 16.7. The van der Waals surface area contributed by atoms with E-state index in [0.29, 0.717) is 31.7 Å². The molecule has 3 atom stereocenters. The number of rotatable bonds is 22. The monoisotopic (exact) mass is 919 g/mol. The molecule has 0 aromatic carbocycles. The molecule has 64 heavy (non-hydrogen) atoms. The number of hydrogen-bond acceptors (Lipinski definition) is 11. The molecule has 0 aliphatic carbocycles. The predicted octanol–water partition coefficient (Wildman–Crippen LogP) is 1.62. The Morgan fingerprint density at radius 2 is 1.25 bits per heavy atom. The number of nitrogens with zero attached hydrogens (tertiary/aromatic N) is 1. The maximum Gasteiger partial charge on any atom is 0.303 e. The van der Waals surface area contributed by atoms with Gasteiger partial charge in [-0.2, -0.15) is 0 Å². The minimum absolute atomic E-state index is 0.118. The average Bonchev–Trinajstić information content (AvgIpc) is 3.72. The first-order valence-electron chi connectivity index (χ1n) is 22.4. The van der Waals surface area contributed by atoms with Crippen molar-refractivity contribution < 1.29 is 58.1 Å². The van der Waals surface area contributed by atoms with Gasteiger partial charge in [0, 0.05) is 38.6 Å². The molecule has 8 amide bonds. The minimum atomic E-state index is -1.45. The number of aliphatic carboxylic acids is 1. The second-order valence-electron chi connectivity index (χ2n) is 16.7. The number of likely N-dealkylation sites (N-methyl/N-ethyl adjacent to an activating group) is 1. The van der Waals surface area contributed by atoms with Crippen LogP contribution in [0.1, 0.15) is 136 Å². The Bertz CT molecular complexity index is 1420. The second kappa shape index (κ2) is 36.5. The van der Waals surface area contributed by atoms with Crippen LogP contribution in [-0.4, -0.2) is 145 Å². The standard InChI is InChI=1S/C33H58N8O10.C4H10.C3H6O2.2C2H6/c1-20(2)15-35-23(43)14-33(6,7)51-13-11-32(4,5)31(50)39-19-27(47)41-12-9-10-22(41)29(48)37-18-26(46)40-28(21(3)42)30(49)38-17-25(45)36-16-24(44)34-8;1-4(2)3;1-2-3(4)5;2*1-2/h20-22,28,42H,9-19H2,1-8H3,(H,34,44)(H,35,43)(H,36,45)(H,37,48)(H,38,49)(H,39,50)(H,40,46);4H,1-3H3;2H2,1H3,(H,4,5);2*1-2H3. The van der Waals surface area contributed by atoms with Crippen molar-refractivity contribution in [3.8, 4) is 0 Å². The van der Waals surface area contributed by atoms with Gasteiger partial charge in [0.2, 0.25) is 47.3 Å². The summed E-state index contributed by atoms with van der Waals surface area (Å²) in [6.07, 6.45) is 0.224. The van der Waals surface area contributed by atoms with Crippen molar-refractivity contribution in [2.45, 2.75) is 160 Å². The summed E-state index contributed by atoms with van der Waals surface area (Å²) in [5.41, 5.74) is -1.63. The van der Waals surface area contributed by atoms with Crippen molar-refractivity contribution in [2.24, 2.45) is 17.3 Å². The third kappa shape index (κ3) is 33.7. The van der Waals surface area contributed by atoms with Gasteiger partial charge in [-0.05, 0) is 51.9 Å². The molecule has 1 fully saturated rings. The van der Waals surface area contributed by atoms with E-state index in [1.54, 1.807) is 34.6 Å². The van der Waals surface area contributed by atoms with Crippen LogP contribution in [0.2, 0.25) is 0 Å². The highest BCUT2D eigenvalue weighted by molar-refractivity contribution is 5.95. The van der Waals surface area contributed by atoms with Crippen LogP contribution in [0, 0.1) is 17.3 Å². The molecule has 0 bridgehead atoms. The van der Waals surface area contributed by atoms with Gasteiger partial charge in [0.25, 0.3) is 0 Å². The Morgan fingerprint density at radius 3 is 1.73 bits per heavy atom. The first kappa shape index (κ1) is 65.8. The summed E-state index contributed by atoms with van der Waals surface area (Å²) in [6, 6.07) is -2.33. The van der Waals surface area contributed by atoms with Crippen LogP contribution in [0.15, 0.2) is 0 Å². The number of amides is 8. The molecule has 1 saturated heterocycles. The Labute approximate surface area is 382 Å². The smallest absolute Gasteiger partial charge is 0.303 e. The quantitative estimate of drug-likeness (QED) is 0.0749. The molecule has 1 heterocycles. The Balaban J connectivity index is -0.00000122. The first-order valence-corrected chi connectivity index (χ1v) is 22.4. The van der Waals surface area contributed by atoms with Gasteiger partial charge in [-0.3, -0.25) is 43.2 Å². The van der Waals surface area contributed by atoms with E-state index < -0.39 is 83.7 Å². The summed E-state index contributed by atoms with van der Waals surface area (Å²) in [4.78, 5) is 110. The van der Waals surface area contributed by atoms with E-state index in [4.69, 9.17) is 9.84 Å². The van der Waals surface area contributed by atoms with E-state index in [9.17, 15) is 48.3 Å². The number of aliphatic hydroxyl groups excluding tert-OH is 1. The SMILES string of the molecule is CC.CC.CC(C)C.CCC(=O)O.CNC(=O)CNC(=O)CNC(=O)C(NC(=O)CNC(=O)C1CCCN1C(=O)CNC(=O)C(C)(C)CCOC(C)(C)CC(=O)NCC(C)C)C(C)O. The zero-order valence-corrected chi connectivity index (χ0v) is 41.8. The van der Waals surface area contributed by atoms with Crippen molar-refractivity contribution in [3.63, 3.8) is 0 Å². The molecule has 3 unspecified atom stereocenters. The van der Waals surface area contributed by atoms with E-state index >= 15 is 0 Å². The van der Waals surface area contributed by atoms with Gasteiger partial charge in [-0.25, -0.2) is 0 Å². The molecule has 0 saturated carbocycles. The average molecular weight is 919 g/mol. The van der Waals surface area contributed by atoms with Crippen LogP contribution >= 0.6 is 0 Å². The lowest BCUT2D eigenvalue weighted by Gasteiger charge is -2.29. The Morgan fingerprint density at radius 1 is 0.734 bits per heavy atom. The van der Waals surface area contributed by atoms with Gasteiger partial charge in [-0.1, -0.05) is 83.1 Å². The molecule has 374 valence electrons. The van der Waals surface area contributed by atoms with E-state index in [1.165, 1.54) is 18.9 Å². The number of hydrogen-bond donors (Lipinski definition) is 9. The van der Waals surface area contributed by atoms with Crippen LogP contribution in [0.4, 0.5) is 0 Å². The zero-order chi connectivity index (χ0) is 50.8. The predicted molar refractivity (Wildman–Crippen MR) is 246 cm³/mol. The fraction of sp³-hybridized carbons (Fsp3) is 0.795. The van der Waals surface area contributed by atoms with Crippen molar-refractivity contribution in [1.82, 2.24) is 42.1 Å². The van der Waals surface area contributed by atoms with Gasteiger partial charge in [-0.15, -0.1) is 0 Å². The summed E-state index contributed by atoms with van der Waals surface area (Å²) in [6.45, 7) is 27.7. The molecule has 0 spiro atoms. The van der Waals surface area contributed by atoms with Crippen LogP contribution in [0.25, 0.3) is 0 Å². The molecule has 1 aliphatic rings. The summed E-state index contributed by atoms with van der Waals surface area (Å²) >= 11 is 0. The van der Waals surface area contributed by atoms with Crippen molar-refractivity contribution in [3.05, 3.63) is 0 Å². The highest BCUT2D eigenvalue weighted by Gasteiger charge is 2.36. The lowest BCUT2D eigenvalue weighted by atomic mass is 9.88. The van der Waals surface area contributed by atoms with Crippen molar-refractivity contribution >= 4 is 53.2 Å². The number of carbonyl (C=O) groups excluding carboxylic acids is 8. The van der Waals surface area contributed by atoms with Gasteiger partial charge in [0.05, 0.1) is 44.3 Å². The number of likely N-dealkylation sites (tertiary alicyclic amines) is 1. The minimum Gasteiger partial charge on any atom is -0.481 e. The number of ether oxygens (including phenoxy) is 1. The number of aliphatic hydroxyl groups is 1. The highest BCUT2D eigenvalue weighted by Crippen LogP contribution is 2.24. The van der Waals surface area contributed by atoms with Crippen molar-refractivity contribution in [1.29, 1.82) is 0 Å². The van der Waals surface area contributed by atoms with Gasteiger partial charge < -0.3 is 57.1 Å².